The maximum atomic E-state index is 3.46. The Kier molecular flexibility index (Phi) is 4.61. The monoisotopic (exact) mass is 231 g/mol. The van der Waals surface area contributed by atoms with E-state index < -0.39 is 0 Å². The highest BCUT2D eigenvalue weighted by atomic mass is 14.9. The first-order valence-electron chi connectivity index (χ1n) is 7.12. The molecule has 1 nitrogen and oxygen atoms in total. The third-order valence-corrected chi connectivity index (χ3v) is 4.08. The van der Waals surface area contributed by atoms with Crippen molar-refractivity contribution in [2.24, 2.45) is 0 Å². The Bertz CT molecular complexity index is 341. The Morgan fingerprint density at radius 1 is 1.35 bits per heavy atom. The molecule has 1 heteroatoms. The van der Waals surface area contributed by atoms with Gasteiger partial charge in [0.05, 0.1) is 0 Å². The molecule has 1 N–H and O–H groups in total. The molecule has 0 bridgehead atoms. The molecule has 2 rings (SSSR count). The van der Waals surface area contributed by atoms with E-state index >= 15 is 0 Å². The van der Waals surface area contributed by atoms with Crippen LogP contribution >= 0.6 is 0 Å². The fraction of sp³-hybridized carbons (Fsp3) is 0.625. The third kappa shape index (κ3) is 3.10. The first-order valence-corrected chi connectivity index (χ1v) is 7.12. The van der Waals surface area contributed by atoms with Gasteiger partial charge >= 0.3 is 0 Å². The van der Waals surface area contributed by atoms with E-state index in [4.69, 9.17) is 0 Å². The zero-order chi connectivity index (χ0) is 12.1. The standard InChI is InChI=1S/C16H25N/c1-3-4-11-16(17-2)15-10-6-9-14(12-15)13-7-5-8-13/h6,9-10,12-13,16-17H,3-5,7-8,11H2,1-2H3. The van der Waals surface area contributed by atoms with Gasteiger partial charge < -0.3 is 5.32 Å². The van der Waals surface area contributed by atoms with Crippen molar-refractivity contribution in [2.75, 3.05) is 7.05 Å². The average molecular weight is 231 g/mol. The van der Waals surface area contributed by atoms with Crippen LogP contribution in [-0.2, 0) is 0 Å². The van der Waals surface area contributed by atoms with Gasteiger partial charge in [0.15, 0.2) is 0 Å². The fourth-order valence-electron chi connectivity index (χ4n) is 2.66. The summed E-state index contributed by atoms with van der Waals surface area (Å²) >= 11 is 0. The first-order chi connectivity index (χ1) is 8.35. The predicted octanol–water partition coefficient (Wildman–Crippen LogP) is 4.40. The molecule has 0 heterocycles. The first kappa shape index (κ1) is 12.6. The van der Waals surface area contributed by atoms with E-state index in [1.54, 1.807) is 5.56 Å². The predicted molar refractivity (Wildman–Crippen MR) is 74.4 cm³/mol. The summed E-state index contributed by atoms with van der Waals surface area (Å²) in [5.41, 5.74) is 3.04. The zero-order valence-electron chi connectivity index (χ0n) is 11.2. The summed E-state index contributed by atoms with van der Waals surface area (Å²) in [6, 6.07) is 9.79. The van der Waals surface area contributed by atoms with Crippen LogP contribution in [0.3, 0.4) is 0 Å². The van der Waals surface area contributed by atoms with Crippen molar-refractivity contribution in [3.63, 3.8) is 0 Å². The normalized spacial score (nSPS) is 17.8. The maximum Gasteiger partial charge on any atom is 0.0317 e. The minimum Gasteiger partial charge on any atom is -0.313 e. The van der Waals surface area contributed by atoms with E-state index in [-0.39, 0.29) is 0 Å². The van der Waals surface area contributed by atoms with Crippen molar-refractivity contribution in [3.8, 4) is 0 Å². The molecular formula is C16H25N. The SMILES string of the molecule is CCCCC(NC)c1cccc(C2CCC2)c1. The number of benzene rings is 1. The minimum atomic E-state index is 0.537. The van der Waals surface area contributed by atoms with Crippen molar-refractivity contribution >= 4 is 0 Å². The van der Waals surface area contributed by atoms with Gasteiger partial charge in [-0.2, -0.15) is 0 Å². The smallest absolute Gasteiger partial charge is 0.0317 e. The van der Waals surface area contributed by atoms with Gasteiger partial charge in [-0.15, -0.1) is 0 Å². The summed E-state index contributed by atoms with van der Waals surface area (Å²) in [7, 11) is 2.08. The lowest BCUT2D eigenvalue weighted by Gasteiger charge is -2.27. The van der Waals surface area contributed by atoms with Crippen molar-refractivity contribution in [2.45, 2.75) is 57.4 Å². The number of unbranched alkanes of at least 4 members (excludes halogenated alkanes) is 1. The van der Waals surface area contributed by atoms with Crippen LogP contribution in [0.25, 0.3) is 0 Å². The van der Waals surface area contributed by atoms with Crippen LogP contribution in [0.4, 0.5) is 0 Å². The van der Waals surface area contributed by atoms with Crippen LogP contribution < -0.4 is 5.32 Å². The Balaban J connectivity index is 2.07. The van der Waals surface area contributed by atoms with Crippen molar-refractivity contribution in [3.05, 3.63) is 35.4 Å². The van der Waals surface area contributed by atoms with E-state index in [0.717, 1.165) is 5.92 Å². The molecule has 1 saturated carbocycles. The molecule has 0 radical (unpaired) electrons. The molecule has 94 valence electrons. The lowest BCUT2D eigenvalue weighted by Crippen LogP contribution is -2.17. The zero-order valence-corrected chi connectivity index (χ0v) is 11.2. The Morgan fingerprint density at radius 2 is 2.18 bits per heavy atom. The van der Waals surface area contributed by atoms with Crippen LogP contribution in [0.15, 0.2) is 24.3 Å². The van der Waals surface area contributed by atoms with E-state index in [1.807, 2.05) is 0 Å². The number of hydrogen-bond acceptors (Lipinski definition) is 1. The molecule has 1 aromatic carbocycles. The van der Waals surface area contributed by atoms with Gasteiger partial charge in [-0.1, -0.05) is 50.5 Å². The molecule has 1 atom stereocenters. The highest BCUT2D eigenvalue weighted by Crippen LogP contribution is 2.37. The molecular weight excluding hydrogens is 206 g/mol. The number of nitrogens with one attached hydrogen (secondary N) is 1. The molecule has 1 aromatic rings. The second-order valence-electron chi connectivity index (χ2n) is 5.28. The maximum absolute atomic E-state index is 3.46. The topological polar surface area (TPSA) is 12.0 Å². The molecule has 0 spiro atoms. The molecule has 1 fully saturated rings. The summed E-state index contributed by atoms with van der Waals surface area (Å²) in [4.78, 5) is 0. The van der Waals surface area contributed by atoms with Crippen LogP contribution in [0, 0.1) is 0 Å². The lowest BCUT2D eigenvalue weighted by atomic mass is 9.79. The molecule has 17 heavy (non-hydrogen) atoms. The van der Waals surface area contributed by atoms with Crippen molar-refractivity contribution in [1.29, 1.82) is 0 Å². The molecule has 1 unspecified atom stereocenters. The Labute approximate surface area is 106 Å². The minimum absolute atomic E-state index is 0.537. The Morgan fingerprint density at radius 3 is 2.76 bits per heavy atom. The molecule has 1 aliphatic carbocycles. The average Bonchev–Trinajstić information content (AvgIpc) is 2.28. The van der Waals surface area contributed by atoms with Crippen molar-refractivity contribution < 1.29 is 0 Å². The van der Waals surface area contributed by atoms with E-state index in [9.17, 15) is 0 Å². The molecule has 0 aliphatic heterocycles. The van der Waals surface area contributed by atoms with Gasteiger partial charge in [-0.25, -0.2) is 0 Å². The third-order valence-electron chi connectivity index (χ3n) is 4.08. The fourth-order valence-corrected chi connectivity index (χ4v) is 2.66. The summed E-state index contributed by atoms with van der Waals surface area (Å²) in [6.07, 6.45) is 8.03. The van der Waals surface area contributed by atoms with E-state index in [0.29, 0.717) is 6.04 Å². The van der Waals surface area contributed by atoms with Crippen LogP contribution in [0.2, 0.25) is 0 Å². The highest BCUT2D eigenvalue weighted by molar-refractivity contribution is 5.29. The second-order valence-corrected chi connectivity index (χ2v) is 5.28. The van der Waals surface area contributed by atoms with Gasteiger partial charge in [0, 0.05) is 6.04 Å². The summed E-state index contributed by atoms with van der Waals surface area (Å²) in [5.74, 6) is 0.846. The summed E-state index contributed by atoms with van der Waals surface area (Å²) in [5, 5.41) is 3.46. The van der Waals surface area contributed by atoms with E-state index in [1.165, 1.54) is 44.1 Å². The number of rotatable bonds is 6. The molecule has 0 amide bonds. The van der Waals surface area contributed by atoms with Crippen LogP contribution in [0.1, 0.15) is 68.5 Å². The second kappa shape index (κ2) is 6.20. The van der Waals surface area contributed by atoms with Gasteiger partial charge in [-0.05, 0) is 43.4 Å². The quantitative estimate of drug-likeness (QED) is 0.765. The molecule has 1 aliphatic rings. The van der Waals surface area contributed by atoms with Crippen LogP contribution in [-0.4, -0.2) is 7.05 Å². The molecule has 0 aromatic heterocycles. The number of hydrogen-bond donors (Lipinski definition) is 1. The van der Waals surface area contributed by atoms with Crippen LogP contribution in [0.5, 0.6) is 0 Å². The van der Waals surface area contributed by atoms with E-state index in [2.05, 4.69) is 43.6 Å². The van der Waals surface area contributed by atoms with Gasteiger partial charge in [-0.3, -0.25) is 0 Å². The highest BCUT2D eigenvalue weighted by Gasteiger charge is 2.20. The molecule has 0 saturated heterocycles. The largest absolute Gasteiger partial charge is 0.313 e. The lowest BCUT2D eigenvalue weighted by molar-refractivity contribution is 0.418. The Hall–Kier alpha value is -0.820. The van der Waals surface area contributed by atoms with Gasteiger partial charge in [0.1, 0.15) is 0 Å². The van der Waals surface area contributed by atoms with Gasteiger partial charge in [0.2, 0.25) is 0 Å². The summed E-state index contributed by atoms with van der Waals surface area (Å²) < 4.78 is 0. The van der Waals surface area contributed by atoms with Gasteiger partial charge in [0.25, 0.3) is 0 Å². The summed E-state index contributed by atoms with van der Waals surface area (Å²) in [6.45, 7) is 2.26. The van der Waals surface area contributed by atoms with Crippen molar-refractivity contribution in [1.82, 2.24) is 5.32 Å².